The summed E-state index contributed by atoms with van der Waals surface area (Å²) in [6.45, 7) is 4.11. The molecule has 3 aliphatic rings. The second kappa shape index (κ2) is 8.65. The molecular formula is C22H31F3N8O. The van der Waals surface area contributed by atoms with Crippen molar-refractivity contribution in [1.82, 2.24) is 29.9 Å². The van der Waals surface area contributed by atoms with Gasteiger partial charge in [-0.25, -0.2) is 19.9 Å². The smallest absolute Gasteiger partial charge is 0.355 e. The summed E-state index contributed by atoms with van der Waals surface area (Å²) in [5.41, 5.74) is 11.2. The first-order valence-electron chi connectivity index (χ1n) is 11.9. The molecular weight excluding hydrogens is 449 g/mol. The Morgan fingerprint density at radius 3 is 2.71 bits per heavy atom. The summed E-state index contributed by atoms with van der Waals surface area (Å²) in [5.74, 6) is 0.580. The molecule has 9 nitrogen and oxygen atoms in total. The molecule has 3 aliphatic heterocycles. The molecule has 3 fully saturated rings. The Kier molecular flexibility index (Phi) is 5.93. The van der Waals surface area contributed by atoms with E-state index in [2.05, 4.69) is 10.3 Å². The van der Waals surface area contributed by atoms with Crippen LogP contribution in [-0.2, 0) is 4.79 Å². The first-order valence-corrected chi connectivity index (χ1v) is 11.9. The van der Waals surface area contributed by atoms with Gasteiger partial charge in [0, 0.05) is 50.6 Å². The van der Waals surface area contributed by atoms with Gasteiger partial charge in [0.05, 0.1) is 11.7 Å². The summed E-state index contributed by atoms with van der Waals surface area (Å²) in [6.07, 6.45) is 0.632. The lowest BCUT2D eigenvalue weighted by Crippen LogP contribution is -2.49. The third-order valence-electron chi connectivity index (χ3n) is 7.24. The average Bonchev–Trinajstić information content (AvgIpc) is 3.50. The van der Waals surface area contributed by atoms with Gasteiger partial charge in [0.15, 0.2) is 5.65 Å². The summed E-state index contributed by atoms with van der Waals surface area (Å²) >= 11 is 0. The number of carbonyl (C=O) groups is 1. The second-order valence-corrected chi connectivity index (χ2v) is 9.74. The lowest BCUT2D eigenvalue weighted by molar-refractivity contribution is -0.176. The van der Waals surface area contributed by atoms with E-state index < -0.39 is 18.3 Å². The number of nitrogens with two attached hydrogens (primary N) is 1. The minimum atomic E-state index is -4.39. The van der Waals surface area contributed by atoms with E-state index in [-0.39, 0.29) is 24.4 Å². The fourth-order valence-electron chi connectivity index (χ4n) is 5.46. The molecule has 2 aromatic heterocycles. The first kappa shape index (κ1) is 23.3. The lowest BCUT2D eigenvalue weighted by atomic mass is 9.97. The maximum Gasteiger partial charge on any atom is 0.405 e. The molecule has 0 radical (unpaired) electrons. The molecule has 0 aromatic carbocycles. The number of aromatic nitrogens is 3. The lowest BCUT2D eigenvalue weighted by Gasteiger charge is -2.36. The number of nitrogens with one attached hydrogen (secondary N) is 1. The van der Waals surface area contributed by atoms with Crippen LogP contribution < -0.4 is 16.1 Å². The molecule has 0 bridgehead atoms. The summed E-state index contributed by atoms with van der Waals surface area (Å²) in [7, 11) is 1.33. The van der Waals surface area contributed by atoms with Crippen molar-refractivity contribution in [3.63, 3.8) is 0 Å². The largest absolute Gasteiger partial charge is 0.405 e. The Balaban J connectivity index is 1.39. The van der Waals surface area contributed by atoms with Crippen LogP contribution in [0.3, 0.4) is 0 Å². The number of piperidine rings is 1. The van der Waals surface area contributed by atoms with E-state index >= 15 is 0 Å². The van der Waals surface area contributed by atoms with Gasteiger partial charge in [0.25, 0.3) is 0 Å². The molecule has 0 saturated carbocycles. The number of rotatable bonds is 3. The number of alkyl halides is 3. The van der Waals surface area contributed by atoms with E-state index in [1.54, 1.807) is 9.42 Å². The fraction of sp³-hybridized carbons (Fsp3) is 0.682. The summed E-state index contributed by atoms with van der Waals surface area (Å²) in [4.78, 5) is 22.0. The van der Waals surface area contributed by atoms with Crippen molar-refractivity contribution in [1.29, 1.82) is 0 Å². The molecule has 12 heteroatoms. The van der Waals surface area contributed by atoms with Crippen LogP contribution in [0.15, 0.2) is 12.3 Å². The van der Waals surface area contributed by atoms with Gasteiger partial charge in [0.2, 0.25) is 5.91 Å². The number of fused-ring (bicyclic) bond motifs is 1. The van der Waals surface area contributed by atoms with Gasteiger partial charge in [-0.2, -0.15) is 18.3 Å². The van der Waals surface area contributed by atoms with Crippen LogP contribution in [0.4, 0.5) is 19.0 Å². The number of carbonyl (C=O) groups excluding carboxylic acids is 1. The maximum atomic E-state index is 13.3. The van der Waals surface area contributed by atoms with E-state index in [1.165, 1.54) is 7.05 Å². The van der Waals surface area contributed by atoms with Crippen LogP contribution in [0.2, 0.25) is 0 Å². The Hall–Kier alpha value is -2.44. The quantitative estimate of drug-likeness (QED) is 0.692. The average molecular weight is 481 g/mol. The predicted octanol–water partition coefficient (Wildman–Crippen LogP) is 1.77. The molecule has 5 rings (SSSR count). The Morgan fingerprint density at radius 2 is 2.03 bits per heavy atom. The Morgan fingerprint density at radius 1 is 1.24 bits per heavy atom. The summed E-state index contributed by atoms with van der Waals surface area (Å²) in [6, 6.07) is -0.837. The van der Waals surface area contributed by atoms with Gasteiger partial charge in [-0.1, -0.05) is 0 Å². The Labute approximate surface area is 196 Å². The summed E-state index contributed by atoms with van der Waals surface area (Å²) < 4.78 is 41.7. The highest BCUT2D eigenvalue weighted by atomic mass is 19.4. The molecule has 0 aliphatic carbocycles. The van der Waals surface area contributed by atoms with Gasteiger partial charge >= 0.3 is 6.18 Å². The van der Waals surface area contributed by atoms with Crippen molar-refractivity contribution in [2.45, 2.75) is 69.4 Å². The van der Waals surface area contributed by atoms with Crippen LogP contribution in [-0.4, -0.2) is 81.4 Å². The molecule has 2 aromatic rings. The molecule has 3 N–H and O–H groups in total. The van der Waals surface area contributed by atoms with Crippen molar-refractivity contribution in [2.24, 2.45) is 5.73 Å². The van der Waals surface area contributed by atoms with E-state index in [4.69, 9.17) is 15.8 Å². The summed E-state index contributed by atoms with van der Waals surface area (Å²) in [5, 5.41) is 5.72. The van der Waals surface area contributed by atoms with Crippen LogP contribution in [0.25, 0.3) is 5.65 Å². The number of amides is 1. The highest BCUT2D eigenvalue weighted by molar-refractivity contribution is 5.82. The highest BCUT2D eigenvalue weighted by Gasteiger charge is 2.50. The third-order valence-corrected chi connectivity index (χ3v) is 7.24. The van der Waals surface area contributed by atoms with E-state index in [0.29, 0.717) is 24.3 Å². The van der Waals surface area contributed by atoms with Gasteiger partial charge in [0.1, 0.15) is 17.9 Å². The minimum absolute atomic E-state index is 0.139. The van der Waals surface area contributed by atoms with Crippen molar-refractivity contribution in [2.75, 3.05) is 31.6 Å². The number of hydrogen-bond acceptors (Lipinski definition) is 7. The molecule has 3 saturated heterocycles. The third kappa shape index (κ3) is 4.22. The van der Waals surface area contributed by atoms with Crippen molar-refractivity contribution in [3.05, 3.63) is 23.5 Å². The number of anilines is 1. The van der Waals surface area contributed by atoms with Crippen LogP contribution >= 0.6 is 0 Å². The standard InChI is InChI=1S/C22H31F3N8O/c1-13-11-33-19(27-20(13)31-8-6-14(26)12-31)10-15(29-33)17-5-3-4-7-32(17)21(34)16-9-18(22(23,24)25)30(2)28-16/h10-11,14,16-18,28H,3-9,12,26H2,1-2H3. The first-order chi connectivity index (χ1) is 16.1. The number of likely N-dealkylation sites (tertiary alicyclic amines) is 1. The Bertz CT molecular complexity index is 1070. The number of hydrogen-bond donors (Lipinski definition) is 2. The van der Waals surface area contributed by atoms with Gasteiger partial charge in [-0.15, -0.1) is 0 Å². The molecule has 5 heterocycles. The zero-order chi connectivity index (χ0) is 24.2. The van der Waals surface area contributed by atoms with E-state index in [9.17, 15) is 18.0 Å². The maximum absolute atomic E-state index is 13.3. The van der Waals surface area contributed by atoms with Crippen LogP contribution in [0, 0.1) is 6.92 Å². The molecule has 4 atom stereocenters. The molecule has 34 heavy (non-hydrogen) atoms. The topological polar surface area (TPSA) is 95.0 Å². The molecule has 186 valence electrons. The SMILES string of the molecule is Cc1cn2nc(C3CCCCN3C(=O)C3CC(C(F)(F)F)N(C)N3)cc2nc1N1CCC(N)C1. The second-order valence-electron chi connectivity index (χ2n) is 9.74. The molecule has 0 spiro atoms. The van der Waals surface area contributed by atoms with E-state index in [1.807, 2.05) is 19.2 Å². The number of aryl methyl sites for hydroxylation is 1. The van der Waals surface area contributed by atoms with Gasteiger partial charge in [-0.05, 0) is 39.0 Å². The molecule has 1 amide bonds. The zero-order valence-electron chi connectivity index (χ0n) is 19.4. The van der Waals surface area contributed by atoms with Crippen molar-refractivity contribution in [3.8, 4) is 0 Å². The van der Waals surface area contributed by atoms with Crippen LogP contribution in [0.5, 0.6) is 0 Å². The number of hydrazine groups is 1. The highest BCUT2D eigenvalue weighted by Crippen LogP contribution is 2.35. The predicted molar refractivity (Wildman–Crippen MR) is 120 cm³/mol. The minimum Gasteiger partial charge on any atom is -0.355 e. The zero-order valence-corrected chi connectivity index (χ0v) is 19.4. The number of halogens is 3. The van der Waals surface area contributed by atoms with Crippen molar-refractivity contribution >= 4 is 17.4 Å². The fourth-order valence-corrected chi connectivity index (χ4v) is 5.46. The number of nitrogens with zero attached hydrogens (tertiary/aromatic N) is 6. The monoisotopic (exact) mass is 480 g/mol. The van der Waals surface area contributed by atoms with Gasteiger partial charge < -0.3 is 15.5 Å². The molecule has 4 unspecified atom stereocenters. The van der Waals surface area contributed by atoms with Crippen molar-refractivity contribution < 1.29 is 18.0 Å². The normalized spacial score (nSPS) is 28.9. The van der Waals surface area contributed by atoms with E-state index in [0.717, 1.165) is 48.7 Å². The van der Waals surface area contributed by atoms with Gasteiger partial charge in [-0.3, -0.25) is 4.79 Å². The van der Waals surface area contributed by atoms with Crippen LogP contribution in [0.1, 0.15) is 49.4 Å².